The summed E-state index contributed by atoms with van der Waals surface area (Å²) in [6.45, 7) is 2.00. The summed E-state index contributed by atoms with van der Waals surface area (Å²) in [7, 11) is 0. The van der Waals surface area contributed by atoms with Crippen LogP contribution in [-0.2, 0) is 0 Å². The van der Waals surface area contributed by atoms with E-state index in [1.165, 1.54) is 0 Å². The first-order chi connectivity index (χ1) is 8.74. The summed E-state index contributed by atoms with van der Waals surface area (Å²) < 4.78 is 0. The topological polar surface area (TPSA) is 51.8 Å². The van der Waals surface area contributed by atoms with E-state index in [1.807, 2.05) is 55.5 Å². The summed E-state index contributed by atoms with van der Waals surface area (Å²) in [5.74, 6) is 0.536. The molecule has 0 spiro atoms. The Morgan fingerprint density at radius 1 is 0.944 bits per heavy atom. The van der Waals surface area contributed by atoms with Crippen molar-refractivity contribution in [2.75, 3.05) is 5.73 Å². The van der Waals surface area contributed by atoms with Crippen molar-refractivity contribution in [3.05, 3.63) is 54.1 Å². The summed E-state index contributed by atoms with van der Waals surface area (Å²) in [5.41, 5.74) is 10.6. The molecule has 0 aliphatic rings. The zero-order valence-electron chi connectivity index (χ0n) is 10.1. The van der Waals surface area contributed by atoms with E-state index >= 15 is 0 Å². The molecule has 0 atom stereocenters. The Balaban J connectivity index is 2.23. The van der Waals surface area contributed by atoms with E-state index < -0.39 is 0 Å². The maximum Gasteiger partial charge on any atom is 0.124 e. The van der Waals surface area contributed by atoms with Crippen molar-refractivity contribution in [2.45, 2.75) is 6.92 Å². The molecule has 88 valence electrons. The second-order valence-electron chi connectivity index (χ2n) is 4.29. The highest BCUT2D eigenvalue weighted by atomic mass is 14.9. The number of rotatable bonds is 1. The highest BCUT2D eigenvalue weighted by Crippen LogP contribution is 2.22. The molecule has 0 saturated carbocycles. The van der Waals surface area contributed by atoms with Gasteiger partial charge in [-0.15, -0.1) is 0 Å². The fourth-order valence-electron chi connectivity index (χ4n) is 2.06. The molecule has 2 N–H and O–H groups in total. The number of hydrogen-bond donors (Lipinski definition) is 1. The Hall–Kier alpha value is -2.42. The van der Waals surface area contributed by atoms with Crippen molar-refractivity contribution in [2.24, 2.45) is 0 Å². The Morgan fingerprint density at radius 2 is 1.72 bits per heavy atom. The third kappa shape index (κ3) is 1.80. The number of benzene rings is 1. The monoisotopic (exact) mass is 235 g/mol. The molecule has 18 heavy (non-hydrogen) atoms. The van der Waals surface area contributed by atoms with Gasteiger partial charge in [0.25, 0.3) is 0 Å². The van der Waals surface area contributed by atoms with Crippen LogP contribution in [0.4, 0.5) is 5.82 Å². The van der Waals surface area contributed by atoms with E-state index in [0.29, 0.717) is 5.82 Å². The molecular formula is C15H13N3. The van der Waals surface area contributed by atoms with Gasteiger partial charge >= 0.3 is 0 Å². The van der Waals surface area contributed by atoms with Crippen LogP contribution in [0.3, 0.4) is 0 Å². The SMILES string of the molecule is Cc1cc(N)nc2ccc(-c3ccccc3)nc12. The van der Waals surface area contributed by atoms with E-state index in [-0.39, 0.29) is 0 Å². The van der Waals surface area contributed by atoms with Gasteiger partial charge in [-0.1, -0.05) is 30.3 Å². The molecule has 0 fully saturated rings. The van der Waals surface area contributed by atoms with Gasteiger partial charge in [-0.2, -0.15) is 0 Å². The lowest BCUT2D eigenvalue weighted by Crippen LogP contribution is -1.95. The van der Waals surface area contributed by atoms with Gasteiger partial charge in [0.2, 0.25) is 0 Å². The van der Waals surface area contributed by atoms with Crippen molar-refractivity contribution in [1.29, 1.82) is 0 Å². The number of nitrogens with two attached hydrogens (primary N) is 1. The lowest BCUT2D eigenvalue weighted by Gasteiger charge is -2.05. The molecule has 1 aromatic carbocycles. The Kier molecular flexibility index (Phi) is 2.45. The van der Waals surface area contributed by atoms with Crippen molar-refractivity contribution < 1.29 is 0 Å². The smallest absolute Gasteiger partial charge is 0.124 e. The van der Waals surface area contributed by atoms with Crippen LogP contribution < -0.4 is 5.73 Å². The molecular weight excluding hydrogens is 222 g/mol. The molecule has 0 bridgehead atoms. The van der Waals surface area contributed by atoms with E-state index in [0.717, 1.165) is 27.9 Å². The zero-order valence-corrected chi connectivity index (χ0v) is 10.1. The molecule has 3 aromatic rings. The van der Waals surface area contributed by atoms with Crippen LogP contribution in [0.25, 0.3) is 22.3 Å². The van der Waals surface area contributed by atoms with E-state index in [9.17, 15) is 0 Å². The first-order valence-electron chi connectivity index (χ1n) is 5.83. The normalized spacial score (nSPS) is 10.7. The predicted molar refractivity (Wildman–Crippen MR) is 74.1 cm³/mol. The van der Waals surface area contributed by atoms with Crippen LogP contribution in [0.5, 0.6) is 0 Å². The summed E-state index contributed by atoms with van der Waals surface area (Å²) in [6.07, 6.45) is 0. The van der Waals surface area contributed by atoms with Gasteiger partial charge in [0.05, 0.1) is 16.7 Å². The molecule has 0 unspecified atom stereocenters. The molecule has 3 heteroatoms. The molecule has 0 aliphatic heterocycles. The van der Waals surface area contributed by atoms with Crippen LogP contribution in [0.15, 0.2) is 48.5 Å². The minimum atomic E-state index is 0.536. The second kappa shape index (κ2) is 4.11. The third-order valence-corrected chi connectivity index (χ3v) is 2.93. The lowest BCUT2D eigenvalue weighted by atomic mass is 10.1. The maximum atomic E-state index is 5.73. The standard InChI is InChI=1S/C15H13N3/c1-10-9-14(16)17-13-8-7-12(18-15(10)13)11-5-3-2-4-6-11/h2-9H,1H3,(H2,16,17). The van der Waals surface area contributed by atoms with Crippen LogP contribution in [-0.4, -0.2) is 9.97 Å². The summed E-state index contributed by atoms with van der Waals surface area (Å²) in [4.78, 5) is 8.95. The quantitative estimate of drug-likeness (QED) is 0.704. The van der Waals surface area contributed by atoms with Gasteiger partial charge in [0.1, 0.15) is 5.82 Å². The van der Waals surface area contributed by atoms with Crippen molar-refractivity contribution in [3.63, 3.8) is 0 Å². The molecule has 2 heterocycles. The number of nitrogen functional groups attached to an aromatic ring is 1. The van der Waals surface area contributed by atoms with Gasteiger partial charge in [0.15, 0.2) is 0 Å². The molecule has 3 rings (SSSR count). The van der Waals surface area contributed by atoms with Gasteiger partial charge in [-0.25, -0.2) is 9.97 Å². The van der Waals surface area contributed by atoms with Gasteiger partial charge in [0, 0.05) is 5.56 Å². The van der Waals surface area contributed by atoms with Crippen LogP contribution in [0, 0.1) is 6.92 Å². The average Bonchev–Trinajstić information content (AvgIpc) is 2.39. The Labute approximate surface area is 105 Å². The number of hydrogen-bond acceptors (Lipinski definition) is 3. The first-order valence-corrected chi connectivity index (χ1v) is 5.83. The lowest BCUT2D eigenvalue weighted by molar-refractivity contribution is 1.30. The van der Waals surface area contributed by atoms with Gasteiger partial charge < -0.3 is 5.73 Å². The largest absolute Gasteiger partial charge is 0.384 e. The minimum absolute atomic E-state index is 0.536. The summed E-state index contributed by atoms with van der Waals surface area (Å²) in [6, 6.07) is 15.9. The maximum absolute atomic E-state index is 5.73. The highest BCUT2D eigenvalue weighted by Gasteiger charge is 2.05. The van der Waals surface area contributed by atoms with Crippen molar-refractivity contribution in [3.8, 4) is 11.3 Å². The van der Waals surface area contributed by atoms with E-state index in [1.54, 1.807) is 0 Å². The van der Waals surface area contributed by atoms with Crippen LogP contribution >= 0.6 is 0 Å². The molecule has 3 nitrogen and oxygen atoms in total. The van der Waals surface area contributed by atoms with Crippen LogP contribution in [0.1, 0.15) is 5.56 Å². The summed E-state index contributed by atoms with van der Waals surface area (Å²) >= 11 is 0. The van der Waals surface area contributed by atoms with E-state index in [2.05, 4.69) is 9.97 Å². The minimum Gasteiger partial charge on any atom is -0.384 e. The Morgan fingerprint density at radius 3 is 2.50 bits per heavy atom. The Bertz CT molecular complexity index is 706. The number of aryl methyl sites for hydroxylation is 1. The fraction of sp³-hybridized carbons (Fsp3) is 0.0667. The molecule has 0 saturated heterocycles. The zero-order chi connectivity index (χ0) is 12.5. The van der Waals surface area contributed by atoms with Crippen molar-refractivity contribution in [1.82, 2.24) is 9.97 Å². The average molecular weight is 235 g/mol. The van der Waals surface area contributed by atoms with Crippen LogP contribution in [0.2, 0.25) is 0 Å². The van der Waals surface area contributed by atoms with Gasteiger partial charge in [-0.05, 0) is 30.7 Å². The molecule has 0 radical (unpaired) electrons. The third-order valence-electron chi connectivity index (χ3n) is 2.93. The van der Waals surface area contributed by atoms with E-state index in [4.69, 9.17) is 5.73 Å². The van der Waals surface area contributed by atoms with Gasteiger partial charge in [-0.3, -0.25) is 0 Å². The van der Waals surface area contributed by atoms with Crippen molar-refractivity contribution >= 4 is 16.9 Å². The number of anilines is 1. The number of aromatic nitrogens is 2. The highest BCUT2D eigenvalue weighted by molar-refractivity contribution is 5.82. The number of pyridine rings is 2. The molecule has 2 aromatic heterocycles. The first kappa shape index (κ1) is 10.7. The second-order valence-corrected chi connectivity index (χ2v) is 4.29. The fourth-order valence-corrected chi connectivity index (χ4v) is 2.06. The number of nitrogens with zero attached hydrogens (tertiary/aromatic N) is 2. The molecule has 0 aliphatic carbocycles. The number of fused-ring (bicyclic) bond motifs is 1. The summed E-state index contributed by atoms with van der Waals surface area (Å²) in [5, 5.41) is 0. The molecule has 0 amide bonds. The predicted octanol–water partition coefficient (Wildman–Crippen LogP) is 3.19.